The predicted octanol–water partition coefficient (Wildman–Crippen LogP) is 1.59. The molecule has 0 amide bonds. The lowest BCUT2D eigenvalue weighted by Crippen LogP contribution is -2.29. The molecule has 5 nitrogen and oxygen atoms in total. The first-order valence-corrected chi connectivity index (χ1v) is 6.63. The Morgan fingerprint density at radius 2 is 1.95 bits per heavy atom. The molecule has 1 atom stereocenters. The van der Waals surface area contributed by atoms with E-state index in [4.69, 9.17) is 15.2 Å². The van der Waals surface area contributed by atoms with Crippen molar-refractivity contribution in [2.75, 3.05) is 45.4 Å². The van der Waals surface area contributed by atoms with Gasteiger partial charge in [-0.3, -0.25) is 4.98 Å². The van der Waals surface area contributed by atoms with Crippen molar-refractivity contribution < 1.29 is 9.47 Å². The minimum atomic E-state index is -0.0324. The standard InChI is InChI=1S/C14H25N3O2/c1-12(15)14-6-5-13(11-16-14)17(8-10-19-3)7-4-9-18-2/h5-6,11-12H,4,7-10,15H2,1-3H3/t12-/m0/s1. The van der Waals surface area contributed by atoms with Gasteiger partial charge in [0.25, 0.3) is 0 Å². The van der Waals surface area contributed by atoms with Crippen LogP contribution < -0.4 is 10.6 Å². The van der Waals surface area contributed by atoms with Crippen LogP contribution in [0.2, 0.25) is 0 Å². The average molecular weight is 267 g/mol. The molecule has 19 heavy (non-hydrogen) atoms. The van der Waals surface area contributed by atoms with Crippen molar-refractivity contribution in [2.45, 2.75) is 19.4 Å². The molecule has 1 rings (SSSR count). The van der Waals surface area contributed by atoms with Crippen molar-refractivity contribution >= 4 is 5.69 Å². The third kappa shape index (κ3) is 5.55. The van der Waals surface area contributed by atoms with Gasteiger partial charge in [0.1, 0.15) is 0 Å². The quantitative estimate of drug-likeness (QED) is 0.688. The summed E-state index contributed by atoms with van der Waals surface area (Å²) >= 11 is 0. The molecule has 0 unspecified atom stereocenters. The smallest absolute Gasteiger partial charge is 0.0637 e. The van der Waals surface area contributed by atoms with E-state index in [0.717, 1.165) is 37.5 Å². The molecule has 0 aliphatic carbocycles. The van der Waals surface area contributed by atoms with Gasteiger partial charge >= 0.3 is 0 Å². The van der Waals surface area contributed by atoms with E-state index in [0.29, 0.717) is 6.61 Å². The van der Waals surface area contributed by atoms with E-state index in [1.165, 1.54) is 0 Å². The number of rotatable bonds is 9. The van der Waals surface area contributed by atoms with Crippen LogP contribution in [0.25, 0.3) is 0 Å². The minimum Gasteiger partial charge on any atom is -0.385 e. The number of hydrogen-bond acceptors (Lipinski definition) is 5. The molecule has 0 aliphatic heterocycles. The third-order valence-corrected chi connectivity index (χ3v) is 2.94. The number of methoxy groups -OCH3 is 2. The van der Waals surface area contributed by atoms with E-state index in [2.05, 4.69) is 16.0 Å². The van der Waals surface area contributed by atoms with Gasteiger partial charge in [-0.05, 0) is 25.5 Å². The lowest BCUT2D eigenvalue weighted by atomic mass is 10.2. The van der Waals surface area contributed by atoms with Crippen LogP contribution in [0.3, 0.4) is 0 Å². The maximum atomic E-state index is 5.81. The fraction of sp³-hybridized carbons (Fsp3) is 0.643. The van der Waals surface area contributed by atoms with Gasteiger partial charge in [-0.25, -0.2) is 0 Å². The number of nitrogens with two attached hydrogens (primary N) is 1. The molecular formula is C14H25N3O2. The Labute approximate surface area is 115 Å². The summed E-state index contributed by atoms with van der Waals surface area (Å²) in [7, 11) is 3.43. The molecule has 5 heteroatoms. The highest BCUT2D eigenvalue weighted by Crippen LogP contribution is 2.15. The molecule has 0 saturated heterocycles. The van der Waals surface area contributed by atoms with Crippen molar-refractivity contribution in [2.24, 2.45) is 5.73 Å². The molecule has 1 heterocycles. The highest BCUT2D eigenvalue weighted by atomic mass is 16.5. The van der Waals surface area contributed by atoms with Crippen LogP contribution in [0.5, 0.6) is 0 Å². The van der Waals surface area contributed by atoms with Crippen LogP contribution in [0, 0.1) is 0 Å². The molecule has 108 valence electrons. The second-order valence-electron chi connectivity index (χ2n) is 4.56. The van der Waals surface area contributed by atoms with Gasteiger partial charge in [-0.15, -0.1) is 0 Å². The van der Waals surface area contributed by atoms with E-state index in [1.807, 2.05) is 19.2 Å². The van der Waals surface area contributed by atoms with Gasteiger partial charge in [0, 0.05) is 40.0 Å². The summed E-state index contributed by atoms with van der Waals surface area (Å²) in [4.78, 5) is 6.65. The lowest BCUT2D eigenvalue weighted by Gasteiger charge is -2.24. The van der Waals surface area contributed by atoms with Gasteiger partial charge in [0.05, 0.1) is 24.2 Å². The Morgan fingerprint density at radius 1 is 1.21 bits per heavy atom. The summed E-state index contributed by atoms with van der Waals surface area (Å²) in [6.45, 7) is 5.16. The van der Waals surface area contributed by atoms with Crippen molar-refractivity contribution in [1.82, 2.24) is 4.98 Å². The average Bonchev–Trinajstić information content (AvgIpc) is 2.43. The number of hydrogen-bond donors (Lipinski definition) is 1. The molecule has 0 spiro atoms. The summed E-state index contributed by atoms with van der Waals surface area (Å²) < 4.78 is 10.2. The summed E-state index contributed by atoms with van der Waals surface area (Å²) in [5.41, 5.74) is 7.81. The monoisotopic (exact) mass is 267 g/mol. The minimum absolute atomic E-state index is 0.0324. The van der Waals surface area contributed by atoms with Crippen LogP contribution in [0.15, 0.2) is 18.3 Å². The molecule has 0 aliphatic rings. The van der Waals surface area contributed by atoms with Crippen LogP contribution >= 0.6 is 0 Å². The van der Waals surface area contributed by atoms with E-state index in [-0.39, 0.29) is 6.04 Å². The topological polar surface area (TPSA) is 60.6 Å². The summed E-state index contributed by atoms with van der Waals surface area (Å²) in [6.07, 6.45) is 2.86. The first-order valence-electron chi connectivity index (χ1n) is 6.63. The third-order valence-electron chi connectivity index (χ3n) is 2.94. The molecule has 1 aromatic heterocycles. The van der Waals surface area contributed by atoms with Gasteiger partial charge in [0.15, 0.2) is 0 Å². The van der Waals surface area contributed by atoms with E-state index < -0.39 is 0 Å². The number of pyridine rings is 1. The normalized spacial score (nSPS) is 12.4. The van der Waals surface area contributed by atoms with E-state index in [9.17, 15) is 0 Å². The molecule has 2 N–H and O–H groups in total. The number of aromatic nitrogens is 1. The Hall–Kier alpha value is -1.17. The Kier molecular flexibility index (Phi) is 7.40. The molecule has 1 aromatic rings. The first-order chi connectivity index (χ1) is 9.19. The predicted molar refractivity (Wildman–Crippen MR) is 77.4 cm³/mol. The van der Waals surface area contributed by atoms with E-state index >= 15 is 0 Å². The van der Waals surface area contributed by atoms with Crippen LogP contribution in [0.1, 0.15) is 25.1 Å². The highest BCUT2D eigenvalue weighted by molar-refractivity contribution is 5.44. The zero-order chi connectivity index (χ0) is 14.1. The molecule has 0 bridgehead atoms. The molecule has 0 aromatic carbocycles. The molecule has 0 radical (unpaired) electrons. The molecule has 0 saturated carbocycles. The van der Waals surface area contributed by atoms with Crippen LogP contribution in [-0.2, 0) is 9.47 Å². The van der Waals surface area contributed by atoms with Crippen LogP contribution in [-0.4, -0.2) is 45.5 Å². The lowest BCUT2D eigenvalue weighted by molar-refractivity contribution is 0.191. The maximum absolute atomic E-state index is 5.81. The fourth-order valence-electron chi connectivity index (χ4n) is 1.83. The zero-order valence-corrected chi connectivity index (χ0v) is 12.1. The first kappa shape index (κ1) is 15.9. The summed E-state index contributed by atoms with van der Waals surface area (Å²) in [5, 5.41) is 0. The SMILES string of the molecule is COCCCN(CCOC)c1ccc([C@H](C)N)nc1. The second-order valence-corrected chi connectivity index (χ2v) is 4.56. The highest BCUT2D eigenvalue weighted by Gasteiger charge is 2.08. The van der Waals surface area contributed by atoms with Gasteiger partial charge < -0.3 is 20.1 Å². The Balaban J connectivity index is 2.66. The number of anilines is 1. The Bertz CT molecular complexity index is 341. The summed E-state index contributed by atoms with van der Waals surface area (Å²) in [5.74, 6) is 0. The van der Waals surface area contributed by atoms with E-state index in [1.54, 1.807) is 14.2 Å². The van der Waals surface area contributed by atoms with Crippen molar-refractivity contribution in [1.29, 1.82) is 0 Å². The van der Waals surface area contributed by atoms with Gasteiger partial charge in [-0.1, -0.05) is 0 Å². The molecular weight excluding hydrogens is 242 g/mol. The van der Waals surface area contributed by atoms with Crippen molar-refractivity contribution in [3.8, 4) is 0 Å². The van der Waals surface area contributed by atoms with Gasteiger partial charge in [0.2, 0.25) is 0 Å². The van der Waals surface area contributed by atoms with Crippen molar-refractivity contribution in [3.05, 3.63) is 24.0 Å². The maximum Gasteiger partial charge on any atom is 0.0637 e. The largest absolute Gasteiger partial charge is 0.385 e. The van der Waals surface area contributed by atoms with Crippen molar-refractivity contribution in [3.63, 3.8) is 0 Å². The fourth-order valence-corrected chi connectivity index (χ4v) is 1.83. The number of nitrogens with zero attached hydrogens (tertiary/aromatic N) is 2. The molecule has 0 fully saturated rings. The summed E-state index contributed by atoms with van der Waals surface area (Å²) in [6, 6.07) is 4.01. The number of ether oxygens (including phenoxy) is 2. The Morgan fingerprint density at radius 3 is 2.47 bits per heavy atom. The second kappa shape index (κ2) is 8.85. The van der Waals surface area contributed by atoms with Crippen LogP contribution in [0.4, 0.5) is 5.69 Å². The van der Waals surface area contributed by atoms with Gasteiger partial charge in [-0.2, -0.15) is 0 Å². The zero-order valence-electron chi connectivity index (χ0n) is 12.1.